The maximum Gasteiger partial charge on any atom is 0.270 e. The van der Waals surface area contributed by atoms with Gasteiger partial charge in [0, 0.05) is 29.8 Å². The first-order valence-electron chi connectivity index (χ1n) is 8.23. The van der Waals surface area contributed by atoms with Crippen LogP contribution in [-0.2, 0) is 19.4 Å². The summed E-state index contributed by atoms with van der Waals surface area (Å²) in [5.41, 5.74) is 3.72. The maximum absolute atomic E-state index is 13.0. The van der Waals surface area contributed by atoms with Crippen molar-refractivity contribution in [3.05, 3.63) is 75.5 Å². The number of carbonyl (C=O) groups is 1. The van der Waals surface area contributed by atoms with Crippen LogP contribution in [0.4, 0.5) is 5.69 Å². The van der Waals surface area contributed by atoms with Gasteiger partial charge in [0.25, 0.3) is 5.69 Å². The lowest BCUT2D eigenvalue weighted by molar-refractivity contribution is -0.384. The van der Waals surface area contributed by atoms with E-state index >= 15 is 0 Å². The molecule has 126 valence electrons. The molecule has 6 heteroatoms. The Bertz CT molecular complexity index is 976. The lowest BCUT2D eigenvalue weighted by atomic mass is 10.0. The van der Waals surface area contributed by atoms with Crippen LogP contribution in [0.1, 0.15) is 21.6 Å². The van der Waals surface area contributed by atoms with Crippen LogP contribution in [0.2, 0.25) is 0 Å². The summed E-state index contributed by atoms with van der Waals surface area (Å²) in [5, 5.41) is 15.2. The highest BCUT2D eigenvalue weighted by molar-refractivity contribution is 5.97. The van der Waals surface area contributed by atoms with Gasteiger partial charge < -0.3 is 5.32 Å². The Morgan fingerprint density at radius 2 is 2.00 bits per heavy atom. The van der Waals surface area contributed by atoms with Crippen LogP contribution in [0.25, 0.3) is 10.9 Å². The third-order valence-electron chi connectivity index (χ3n) is 4.67. The fourth-order valence-electron chi connectivity index (χ4n) is 3.53. The summed E-state index contributed by atoms with van der Waals surface area (Å²) in [4.78, 5) is 23.7. The minimum atomic E-state index is -0.393. The number of nitro benzene ring substituents is 1. The Balaban J connectivity index is 1.85. The molecule has 1 aromatic heterocycles. The van der Waals surface area contributed by atoms with Crippen molar-refractivity contribution in [2.45, 2.75) is 19.4 Å². The minimum absolute atomic E-state index is 0.0185. The van der Waals surface area contributed by atoms with Crippen LogP contribution in [-0.4, -0.2) is 21.9 Å². The zero-order valence-corrected chi connectivity index (χ0v) is 13.6. The van der Waals surface area contributed by atoms with E-state index < -0.39 is 4.92 Å². The van der Waals surface area contributed by atoms with Crippen LogP contribution in [0, 0.1) is 10.1 Å². The number of non-ortho nitro benzene ring substituents is 1. The first-order chi connectivity index (χ1) is 12.1. The van der Waals surface area contributed by atoms with Gasteiger partial charge >= 0.3 is 0 Å². The molecule has 0 unspecified atom stereocenters. The molecule has 1 aliphatic rings. The molecule has 1 aliphatic heterocycles. The molecule has 0 spiro atoms. The molecule has 2 heterocycles. The summed E-state index contributed by atoms with van der Waals surface area (Å²) in [7, 11) is 0. The van der Waals surface area contributed by atoms with Gasteiger partial charge in [-0.15, -0.1) is 0 Å². The third kappa shape index (κ3) is 2.70. The van der Waals surface area contributed by atoms with Crippen LogP contribution in [0.5, 0.6) is 0 Å². The molecule has 0 aliphatic carbocycles. The molecule has 1 N–H and O–H groups in total. The predicted molar refractivity (Wildman–Crippen MR) is 94.8 cm³/mol. The number of rotatable bonds is 3. The van der Waals surface area contributed by atoms with Crippen molar-refractivity contribution < 1.29 is 9.72 Å². The highest BCUT2D eigenvalue weighted by atomic mass is 16.6. The first-order valence-corrected chi connectivity index (χ1v) is 8.23. The van der Waals surface area contributed by atoms with E-state index in [1.807, 2.05) is 30.3 Å². The maximum atomic E-state index is 13.0. The third-order valence-corrected chi connectivity index (χ3v) is 4.67. The number of nitrogens with zero attached hydrogens (tertiary/aromatic N) is 2. The van der Waals surface area contributed by atoms with E-state index in [2.05, 4.69) is 5.32 Å². The monoisotopic (exact) mass is 335 g/mol. The van der Waals surface area contributed by atoms with Crippen molar-refractivity contribution in [1.82, 2.24) is 9.88 Å². The first kappa shape index (κ1) is 15.5. The van der Waals surface area contributed by atoms with Crippen LogP contribution in [0.15, 0.2) is 48.5 Å². The van der Waals surface area contributed by atoms with Crippen molar-refractivity contribution in [2.24, 2.45) is 0 Å². The van der Waals surface area contributed by atoms with Crippen molar-refractivity contribution >= 4 is 22.5 Å². The van der Waals surface area contributed by atoms with E-state index in [9.17, 15) is 14.9 Å². The predicted octanol–water partition coefficient (Wildman–Crippen LogP) is 3.08. The Morgan fingerprint density at radius 1 is 1.20 bits per heavy atom. The van der Waals surface area contributed by atoms with E-state index in [1.54, 1.807) is 16.7 Å². The molecular weight excluding hydrogens is 318 g/mol. The molecule has 25 heavy (non-hydrogen) atoms. The summed E-state index contributed by atoms with van der Waals surface area (Å²) in [6, 6.07) is 14.4. The van der Waals surface area contributed by atoms with Crippen molar-refractivity contribution in [3.63, 3.8) is 0 Å². The highest BCUT2D eigenvalue weighted by Crippen LogP contribution is 2.31. The average molecular weight is 335 g/mol. The van der Waals surface area contributed by atoms with Gasteiger partial charge in [-0.2, -0.15) is 0 Å². The number of nitro groups is 1. The summed E-state index contributed by atoms with van der Waals surface area (Å²) in [6.45, 7) is 1.40. The number of nitrogens with one attached hydrogen (secondary N) is 1. The average Bonchev–Trinajstić information content (AvgIpc) is 2.96. The molecule has 0 radical (unpaired) electrons. The molecule has 6 nitrogen and oxygen atoms in total. The molecule has 0 bridgehead atoms. The fourth-order valence-corrected chi connectivity index (χ4v) is 3.53. The number of carbonyl (C=O) groups excluding carboxylic acids is 1. The van der Waals surface area contributed by atoms with E-state index in [-0.39, 0.29) is 11.6 Å². The van der Waals surface area contributed by atoms with Gasteiger partial charge in [0.1, 0.15) is 0 Å². The number of aromatic nitrogens is 1. The standard InChI is InChI=1S/C19H17N3O3/c23-19(10-13-4-2-1-3-5-13)21-17-7-6-14(22(24)25)11-16(17)15-8-9-20-12-18(15)21/h1-7,11,20H,8-10,12H2. The van der Waals surface area contributed by atoms with Gasteiger partial charge in [0.05, 0.1) is 16.9 Å². The fraction of sp³-hybridized carbons (Fsp3) is 0.211. The van der Waals surface area contributed by atoms with Crippen molar-refractivity contribution in [1.29, 1.82) is 0 Å². The molecule has 4 rings (SSSR count). The summed E-state index contributed by atoms with van der Waals surface area (Å²) >= 11 is 0. The highest BCUT2D eigenvalue weighted by Gasteiger charge is 2.24. The summed E-state index contributed by atoms with van der Waals surface area (Å²) in [5.74, 6) is -0.0185. The Kier molecular flexibility index (Phi) is 3.82. The normalized spacial score (nSPS) is 13.6. The van der Waals surface area contributed by atoms with Crippen LogP contribution < -0.4 is 5.32 Å². The zero-order valence-electron chi connectivity index (χ0n) is 13.6. The molecule has 0 amide bonds. The van der Waals surface area contributed by atoms with Crippen LogP contribution >= 0.6 is 0 Å². The largest absolute Gasteiger partial charge is 0.311 e. The van der Waals surface area contributed by atoms with E-state index in [1.165, 1.54) is 6.07 Å². The van der Waals surface area contributed by atoms with E-state index in [0.717, 1.165) is 40.7 Å². The second kappa shape index (κ2) is 6.14. The van der Waals surface area contributed by atoms with E-state index in [0.29, 0.717) is 13.0 Å². The molecule has 0 saturated heterocycles. The smallest absolute Gasteiger partial charge is 0.270 e. The van der Waals surface area contributed by atoms with Crippen LogP contribution in [0.3, 0.4) is 0 Å². The number of hydrogen-bond donors (Lipinski definition) is 1. The second-order valence-corrected chi connectivity index (χ2v) is 6.20. The van der Waals surface area contributed by atoms with Gasteiger partial charge in [-0.1, -0.05) is 30.3 Å². The molecule has 2 aromatic carbocycles. The molecule has 0 fully saturated rings. The number of benzene rings is 2. The molecule has 0 saturated carbocycles. The van der Waals surface area contributed by atoms with Gasteiger partial charge in [-0.3, -0.25) is 19.5 Å². The lowest BCUT2D eigenvalue weighted by Crippen LogP contribution is -2.27. The minimum Gasteiger partial charge on any atom is -0.311 e. The van der Waals surface area contributed by atoms with Crippen molar-refractivity contribution in [3.8, 4) is 0 Å². The Morgan fingerprint density at radius 3 is 2.76 bits per heavy atom. The van der Waals surface area contributed by atoms with Gasteiger partial charge in [0.15, 0.2) is 0 Å². The quantitative estimate of drug-likeness (QED) is 0.589. The Hall–Kier alpha value is -2.99. The lowest BCUT2D eigenvalue weighted by Gasteiger charge is -2.16. The molecule has 0 atom stereocenters. The zero-order chi connectivity index (χ0) is 17.4. The van der Waals surface area contributed by atoms with Gasteiger partial charge in [-0.05, 0) is 30.2 Å². The SMILES string of the molecule is O=C(Cc1ccccc1)n1c2c(c3cc([N+](=O)[O-])ccc31)CCNC2. The van der Waals surface area contributed by atoms with Crippen molar-refractivity contribution in [2.75, 3.05) is 6.54 Å². The number of hydrogen-bond acceptors (Lipinski definition) is 4. The van der Waals surface area contributed by atoms with Gasteiger partial charge in [-0.25, -0.2) is 0 Å². The molecular formula is C19H17N3O3. The second-order valence-electron chi connectivity index (χ2n) is 6.20. The summed E-state index contributed by atoms with van der Waals surface area (Å²) in [6.07, 6.45) is 1.06. The summed E-state index contributed by atoms with van der Waals surface area (Å²) < 4.78 is 1.73. The van der Waals surface area contributed by atoms with Gasteiger partial charge in [0.2, 0.25) is 5.91 Å². The molecule has 3 aromatic rings. The number of fused-ring (bicyclic) bond motifs is 3. The topological polar surface area (TPSA) is 77.2 Å². The Labute approximate surface area is 144 Å². The van der Waals surface area contributed by atoms with E-state index in [4.69, 9.17) is 0 Å².